The van der Waals surface area contributed by atoms with E-state index in [2.05, 4.69) is 37.2 Å². The summed E-state index contributed by atoms with van der Waals surface area (Å²) in [5.74, 6) is 2.00. The van der Waals surface area contributed by atoms with Crippen molar-refractivity contribution in [3.8, 4) is 0 Å². The largest absolute Gasteiger partial charge is 0.354 e. The number of aromatic nitrogens is 1. The third-order valence-corrected chi connectivity index (χ3v) is 4.44. The maximum Gasteiger partial charge on any atom is 0.142 e. The molecule has 1 aliphatic carbocycles. The van der Waals surface area contributed by atoms with Crippen molar-refractivity contribution in [2.45, 2.75) is 31.7 Å². The van der Waals surface area contributed by atoms with Crippen LogP contribution in [0.3, 0.4) is 0 Å². The minimum absolute atomic E-state index is 0.637. The molecule has 3 rings (SSSR count). The van der Waals surface area contributed by atoms with E-state index in [-0.39, 0.29) is 0 Å². The Morgan fingerprint density at radius 3 is 2.89 bits per heavy atom. The van der Waals surface area contributed by atoms with E-state index in [1.54, 1.807) is 0 Å². The van der Waals surface area contributed by atoms with Gasteiger partial charge in [0, 0.05) is 25.3 Å². The first kappa shape index (κ1) is 12.4. The first-order chi connectivity index (χ1) is 8.83. The second-order valence-electron chi connectivity index (χ2n) is 5.45. The highest BCUT2D eigenvalue weighted by Crippen LogP contribution is 2.33. The number of rotatable bonds is 5. The lowest BCUT2D eigenvalue weighted by Gasteiger charge is -2.27. The highest BCUT2D eigenvalue weighted by atomic mass is 79.9. The molecule has 18 heavy (non-hydrogen) atoms. The van der Waals surface area contributed by atoms with Crippen LogP contribution in [0.2, 0.25) is 0 Å². The van der Waals surface area contributed by atoms with Crippen molar-refractivity contribution in [3.63, 3.8) is 0 Å². The summed E-state index contributed by atoms with van der Waals surface area (Å²) in [5, 5.41) is 3.59. The average molecular weight is 310 g/mol. The standard InChI is InChI=1S/C14H20BrN3/c15-13-4-2-8-17-14(13)18(9-11-5-6-11)10-12-3-1-7-16-12/h2,4,8,11-12,16H,1,3,5-7,9-10H2. The van der Waals surface area contributed by atoms with Crippen molar-refractivity contribution in [2.24, 2.45) is 5.92 Å². The average Bonchev–Trinajstić information content (AvgIpc) is 3.03. The topological polar surface area (TPSA) is 28.2 Å². The van der Waals surface area contributed by atoms with Crippen LogP contribution in [0, 0.1) is 5.92 Å². The fourth-order valence-electron chi connectivity index (χ4n) is 2.65. The maximum absolute atomic E-state index is 4.55. The van der Waals surface area contributed by atoms with Gasteiger partial charge in [0.1, 0.15) is 5.82 Å². The van der Waals surface area contributed by atoms with E-state index in [1.807, 2.05) is 12.3 Å². The Kier molecular flexibility index (Phi) is 3.85. The summed E-state index contributed by atoms with van der Waals surface area (Å²) in [4.78, 5) is 7.02. The summed E-state index contributed by atoms with van der Waals surface area (Å²) in [7, 11) is 0. The number of hydrogen-bond donors (Lipinski definition) is 1. The third-order valence-electron chi connectivity index (χ3n) is 3.82. The summed E-state index contributed by atoms with van der Waals surface area (Å²) in [5.41, 5.74) is 0. The van der Waals surface area contributed by atoms with Crippen molar-refractivity contribution in [1.29, 1.82) is 0 Å². The summed E-state index contributed by atoms with van der Waals surface area (Å²) < 4.78 is 1.11. The van der Waals surface area contributed by atoms with Crippen LogP contribution in [-0.4, -0.2) is 30.7 Å². The van der Waals surface area contributed by atoms with E-state index in [0.717, 1.165) is 29.3 Å². The molecule has 0 amide bonds. The Bertz CT molecular complexity index is 400. The Labute approximate surface area is 117 Å². The van der Waals surface area contributed by atoms with E-state index < -0.39 is 0 Å². The Balaban J connectivity index is 1.73. The predicted octanol–water partition coefficient (Wildman–Crippen LogP) is 2.81. The number of anilines is 1. The summed E-state index contributed by atoms with van der Waals surface area (Å²) >= 11 is 3.63. The monoisotopic (exact) mass is 309 g/mol. The van der Waals surface area contributed by atoms with Gasteiger partial charge < -0.3 is 10.2 Å². The minimum atomic E-state index is 0.637. The molecule has 3 nitrogen and oxygen atoms in total. The van der Waals surface area contributed by atoms with Gasteiger partial charge in [-0.25, -0.2) is 4.98 Å². The van der Waals surface area contributed by atoms with Gasteiger partial charge in [-0.15, -0.1) is 0 Å². The van der Waals surface area contributed by atoms with Crippen LogP contribution in [0.1, 0.15) is 25.7 Å². The Hall–Kier alpha value is -0.610. The van der Waals surface area contributed by atoms with Gasteiger partial charge in [0.25, 0.3) is 0 Å². The van der Waals surface area contributed by atoms with Crippen molar-refractivity contribution in [1.82, 2.24) is 10.3 Å². The van der Waals surface area contributed by atoms with Gasteiger partial charge in [0.2, 0.25) is 0 Å². The van der Waals surface area contributed by atoms with E-state index >= 15 is 0 Å². The molecular formula is C14H20BrN3. The molecule has 1 N–H and O–H groups in total. The van der Waals surface area contributed by atoms with Crippen molar-refractivity contribution in [2.75, 3.05) is 24.5 Å². The summed E-state index contributed by atoms with van der Waals surface area (Å²) in [6, 6.07) is 4.71. The van der Waals surface area contributed by atoms with Crippen LogP contribution >= 0.6 is 15.9 Å². The van der Waals surface area contributed by atoms with Gasteiger partial charge in [0.05, 0.1) is 4.47 Å². The molecule has 2 fully saturated rings. The number of nitrogens with one attached hydrogen (secondary N) is 1. The molecule has 1 saturated carbocycles. The predicted molar refractivity (Wildman–Crippen MR) is 77.9 cm³/mol. The number of pyridine rings is 1. The van der Waals surface area contributed by atoms with Crippen LogP contribution in [-0.2, 0) is 0 Å². The number of nitrogens with zero attached hydrogens (tertiary/aromatic N) is 2. The zero-order valence-electron chi connectivity index (χ0n) is 10.6. The van der Waals surface area contributed by atoms with E-state index in [0.29, 0.717) is 6.04 Å². The lowest BCUT2D eigenvalue weighted by Crippen LogP contribution is -2.39. The molecule has 1 aromatic rings. The second kappa shape index (κ2) is 5.57. The third kappa shape index (κ3) is 3.04. The van der Waals surface area contributed by atoms with Gasteiger partial charge in [-0.1, -0.05) is 0 Å². The van der Waals surface area contributed by atoms with E-state index in [1.165, 1.54) is 32.2 Å². The maximum atomic E-state index is 4.55. The molecule has 1 aliphatic heterocycles. The molecule has 4 heteroatoms. The molecular weight excluding hydrogens is 290 g/mol. The Morgan fingerprint density at radius 1 is 1.33 bits per heavy atom. The summed E-state index contributed by atoms with van der Waals surface area (Å²) in [6.07, 6.45) is 7.27. The molecule has 1 saturated heterocycles. The number of hydrogen-bond acceptors (Lipinski definition) is 3. The van der Waals surface area contributed by atoms with Gasteiger partial charge >= 0.3 is 0 Å². The van der Waals surface area contributed by atoms with E-state index in [4.69, 9.17) is 0 Å². The molecule has 1 aromatic heterocycles. The Morgan fingerprint density at radius 2 is 2.22 bits per heavy atom. The van der Waals surface area contributed by atoms with Gasteiger partial charge in [0.15, 0.2) is 0 Å². The van der Waals surface area contributed by atoms with Crippen molar-refractivity contribution < 1.29 is 0 Å². The van der Waals surface area contributed by atoms with Crippen molar-refractivity contribution >= 4 is 21.7 Å². The van der Waals surface area contributed by atoms with Crippen molar-refractivity contribution in [3.05, 3.63) is 22.8 Å². The zero-order chi connectivity index (χ0) is 12.4. The van der Waals surface area contributed by atoms with Gasteiger partial charge in [-0.05, 0) is 66.2 Å². The minimum Gasteiger partial charge on any atom is -0.354 e. The smallest absolute Gasteiger partial charge is 0.142 e. The fourth-order valence-corrected chi connectivity index (χ4v) is 3.15. The fraction of sp³-hybridized carbons (Fsp3) is 0.643. The molecule has 0 bridgehead atoms. The summed E-state index contributed by atoms with van der Waals surface area (Å²) in [6.45, 7) is 3.42. The molecule has 1 atom stereocenters. The molecule has 2 heterocycles. The van der Waals surface area contributed by atoms with Gasteiger partial charge in [-0.2, -0.15) is 0 Å². The molecule has 0 spiro atoms. The van der Waals surface area contributed by atoms with Crippen LogP contribution in [0.4, 0.5) is 5.82 Å². The van der Waals surface area contributed by atoms with Crippen LogP contribution in [0.25, 0.3) is 0 Å². The molecule has 2 aliphatic rings. The molecule has 0 radical (unpaired) electrons. The van der Waals surface area contributed by atoms with Gasteiger partial charge in [-0.3, -0.25) is 0 Å². The SMILES string of the molecule is Brc1cccnc1N(CC1CC1)CC1CCCN1. The number of halogens is 1. The zero-order valence-corrected chi connectivity index (χ0v) is 12.2. The molecule has 0 aromatic carbocycles. The van der Waals surface area contributed by atoms with Crippen LogP contribution < -0.4 is 10.2 Å². The van der Waals surface area contributed by atoms with Crippen LogP contribution in [0.5, 0.6) is 0 Å². The van der Waals surface area contributed by atoms with E-state index in [9.17, 15) is 0 Å². The normalized spacial score (nSPS) is 23.3. The highest BCUT2D eigenvalue weighted by molar-refractivity contribution is 9.10. The molecule has 1 unspecified atom stereocenters. The van der Waals surface area contributed by atoms with Crippen LogP contribution in [0.15, 0.2) is 22.8 Å². The quantitative estimate of drug-likeness (QED) is 0.906. The lowest BCUT2D eigenvalue weighted by molar-refractivity contribution is 0.566. The highest BCUT2D eigenvalue weighted by Gasteiger charge is 2.27. The first-order valence-corrected chi connectivity index (χ1v) is 7.71. The second-order valence-corrected chi connectivity index (χ2v) is 6.30. The lowest BCUT2D eigenvalue weighted by atomic mass is 10.2. The molecule has 98 valence electrons. The first-order valence-electron chi connectivity index (χ1n) is 6.92.